The molecule has 1 N–H and O–H groups in total. The molecule has 6 nitrogen and oxygen atoms in total. The van der Waals surface area contributed by atoms with Crippen molar-refractivity contribution in [2.24, 2.45) is 0 Å². The third-order valence-corrected chi connectivity index (χ3v) is 5.14. The predicted molar refractivity (Wildman–Crippen MR) is 129 cm³/mol. The summed E-state index contributed by atoms with van der Waals surface area (Å²) >= 11 is 0. The first-order valence-corrected chi connectivity index (χ1v) is 12.1. The highest BCUT2D eigenvalue weighted by Crippen LogP contribution is 2.13. The molecular formula is C26H44N2O4. The van der Waals surface area contributed by atoms with Crippen molar-refractivity contribution in [3.05, 3.63) is 35.9 Å². The minimum absolute atomic E-state index is 0.108. The van der Waals surface area contributed by atoms with E-state index >= 15 is 0 Å². The normalized spacial score (nSPS) is 13.3. The molecule has 0 fully saturated rings. The highest BCUT2D eigenvalue weighted by molar-refractivity contribution is 5.86. The molecule has 0 heterocycles. The van der Waals surface area contributed by atoms with E-state index in [1.807, 2.05) is 42.2 Å². The average Bonchev–Trinajstić information content (AvgIpc) is 2.74. The molecule has 1 aromatic rings. The summed E-state index contributed by atoms with van der Waals surface area (Å²) < 4.78 is 11.5. The molecule has 0 aliphatic heterocycles. The van der Waals surface area contributed by atoms with Gasteiger partial charge in [0.2, 0.25) is 5.91 Å². The van der Waals surface area contributed by atoms with Crippen LogP contribution in [-0.4, -0.2) is 47.7 Å². The zero-order valence-electron chi connectivity index (χ0n) is 21.0. The Kier molecular flexibility index (Phi) is 13.0. The summed E-state index contributed by atoms with van der Waals surface area (Å²) in [7, 11) is 0. The predicted octanol–water partition coefficient (Wildman–Crippen LogP) is 5.69. The van der Waals surface area contributed by atoms with E-state index in [-0.39, 0.29) is 5.91 Å². The second kappa shape index (κ2) is 14.9. The Hall–Kier alpha value is -2.08. The van der Waals surface area contributed by atoms with Crippen LogP contribution in [0.3, 0.4) is 0 Å². The number of hydrogen-bond donors (Lipinski definition) is 1. The number of unbranched alkanes of at least 4 members (excludes halogenated alkanes) is 4. The lowest BCUT2D eigenvalue weighted by Crippen LogP contribution is -2.55. The Balaban J connectivity index is 2.96. The van der Waals surface area contributed by atoms with Gasteiger partial charge in [-0.3, -0.25) is 4.79 Å². The summed E-state index contributed by atoms with van der Waals surface area (Å²) in [5.41, 5.74) is 0.374. The lowest BCUT2D eigenvalue weighted by Gasteiger charge is -2.32. The molecule has 1 aromatic carbocycles. The molecule has 0 aliphatic rings. The molecule has 182 valence electrons. The van der Waals surface area contributed by atoms with Gasteiger partial charge in [0.25, 0.3) is 0 Å². The largest absolute Gasteiger partial charge is 0.444 e. The topological polar surface area (TPSA) is 67.9 Å². The van der Waals surface area contributed by atoms with Crippen LogP contribution < -0.4 is 5.32 Å². The second-order valence-electron chi connectivity index (χ2n) is 9.37. The number of hydrogen-bond acceptors (Lipinski definition) is 4. The van der Waals surface area contributed by atoms with Crippen LogP contribution in [0.25, 0.3) is 0 Å². The average molecular weight is 449 g/mol. The number of amides is 2. The summed E-state index contributed by atoms with van der Waals surface area (Å²) in [6.45, 7) is 13.3. The van der Waals surface area contributed by atoms with Gasteiger partial charge in [-0.15, -0.1) is 0 Å². The summed E-state index contributed by atoms with van der Waals surface area (Å²) in [6, 6.07) is 9.01. The van der Waals surface area contributed by atoms with Crippen molar-refractivity contribution in [3.8, 4) is 0 Å². The van der Waals surface area contributed by atoms with Crippen LogP contribution in [-0.2, 0) is 20.9 Å². The zero-order valence-corrected chi connectivity index (χ0v) is 21.0. The van der Waals surface area contributed by atoms with Crippen LogP contribution >= 0.6 is 0 Å². The van der Waals surface area contributed by atoms with Crippen molar-refractivity contribution in [1.82, 2.24) is 10.2 Å². The third-order valence-electron chi connectivity index (χ3n) is 5.14. The van der Waals surface area contributed by atoms with Gasteiger partial charge >= 0.3 is 6.09 Å². The number of ether oxygens (including phenoxy) is 2. The number of rotatable bonds is 14. The molecule has 0 aliphatic carbocycles. The summed E-state index contributed by atoms with van der Waals surface area (Å²) in [6.07, 6.45) is 5.12. The van der Waals surface area contributed by atoms with Gasteiger partial charge in [-0.25, -0.2) is 4.79 Å². The highest BCUT2D eigenvalue weighted by atomic mass is 16.6. The maximum Gasteiger partial charge on any atom is 0.408 e. The van der Waals surface area contributed by atoms with Crippen LogP contribution in [0.4, 0.5) is 4.79 Å². The summed E-state index contributed by atoms with van der Waals surface area (Å²) in [4.78, 5) is 28.0. The molecule has 0 saturated heterocycles. The first-order chi connectivity index (χ1) is 15.2. The lowest BCUT2D eigenvalue weighted by atomic mass is 10.1. The monoisotopic (exact) mass is 448 g/mol. The Morgan fingerprint density at radius 1 is 0.969 bits per heavy atom. The molecule has 0 radical (unpaired) electrons. The van der Waals surface area contributed by atoms with Gasteiger partial charge in [-0.05, 0) is 46.1 Å². The van der Waals surface area contributed by atoms with Gasteiger partial charge in [-0.1, -0.05) is 69.9 Å². The van der Waals surface area contributed by atoms with Crippen molar-refractivity contribution in [1.29, 1.82) is 0 Å². The van der Waals surface area contributed by atoms with Gasteiger partial charge in [0.05, 0.1) is 12.7 Å². The maximum atomic E-state index is 13.6. The number of carbonyl (C=O) groups is 2. The minimum atomic E-state index is -0.809. The zero-order chi connectivity index (χ0) is 24.0. The molecule has 32 heavy (non-hydrogen) atoms. The van der Waals surface area contributed by atoms with E-state index < -0.39 is 23.8 Å². The van der Waals surface area contributed by atoms with Crippen molar-refractivity contribution >= 4 is 12.0 Å². The number of alkyl carbamates (subject to hydrolysis) is 1. The lowest BCUT2D eigenvalue weighted by molar-refractivity contribution is -0.138. The molecule has 6 heteroatoms. The van der Waals surface area contributed by atoms with Crippen LogP contribution in [0.5, 0.6) is 0 Å². The molecule has 2 atom stereocenters. The van der Waals surface area contributed by atoms with Crippen molar-refractivity contribution in [3.63, 3.8) is 0 Å². The standard InChI is InChI=1S/C26H44N2O4/c1-7-9-14-18-28(19-15-10-8-2)24(29)23(27-25(30)32-26(4,5)6)21(3)31-20-22-16-12-11-13-17-22/h11-13,16-17,21,23H,7-10,14-15,18-20H2,1-6H3,(H,27,30)/t21-,23+/m0/s1. The minimum Gasteiger partial charge on any atom is -0.444 e. The van der Waals surface area contributed by atoms with Crippen LogP contribution in [0.15, 0.2) is 30.3 Å². The summed E-state index contributed by atoms with van der Waals surface area (Å²) in [5.74, 6) is -0.108. The molecule has 0 spiro atoms. The molecule has 1 rings (SSSR count). The first kappa shape index (κ1) is 28.0. The molecular weight excluding hydrogens is 404 g/mol. The van der Waals surface area contributed by atoms with Crippen LogP contribution in [0.1, 0.15) is 85.6 Å². The van der Waals surface area contributed by atoms with E-state index in [1.54, 1.807) is 20.8 Å². The fourth-order valence-electron chi connectivity index (χ4n) is 3.35. The van der Waals surface area contributed by atoms with Gasteiger partial charge in [-0.2, -0.15) is 0 Å². The second-order valence-corrected chi connectivity index (χ2v) is 9.37. The SMILES string of the molecule is CCCCCN(CCCCC)C(=O)[C@H](NC(=O)OC(C)(C)C)[C@H](C)OCc1ccccc1. The van der Waals surface area contributed by atoms with Crippen molar-refractivity contribution < 1.29 is 19.1 Å². The van der Waals surface area contributed by atoms with E-state index in [4.69, 9.17) is 9.47 Å². The van der Waals surface area contributed by atoms with Gasteiger partial charge in [0.1, 0.15) is 11.6 Å². The van der Waals surface area contributed by atoms with Gasteiger partial charge in [0.15, 0.2) is 0 Å². The number of nitrogens with one attached hydrogen (secondary N) is 1. The van der Waals surface area contributed by atoms with E-state index in [0.29, 0.717) is 19.7 Å². The third kappa shape index (κ3) is 11.5. The van der Waals surface area contributed by atoms with Crippen LogP contribution in [0.2, 0.25) is 0 Å². The fraction of sp³-hybridized carbons (Fsp3) is 0.692. The van der Waals surface area contributed by atoms with E-state index in [0.717, 1.165) is 44.1 Å². The first-order valence-electron chi connectivity index (χ1n) is 12.1. The maximum absolute atomic E-state index is 13.6. The van der Waals surface area contributed by atoms with E-state index in [9.17, 15) is 9.59 Å². The van der Waals surface area contributed by atoms with Crippen molar-refractivity contribution in [2.75, 3.05) is 13.1 Å². The Bertz CT molecular complexity index is 648. The molecule has 2 amide bonds. The van der Waals surface area contributed by atoms with Crippen molar-refractivity contribution in [2.45, 2.75) is 104 Å². The number of carbonyl (C=O) groups excluding carboxylic acids is 2. The number of nitrogens with zero attached hydrogens (tertiary/aromatic N) is 1. The van der Waals surface area contributed by atoms with E-state index in [1.165, 1.54) is 0 Å². The Labute approximate surface area is 195 Å². The molecule has 0 unspecified atom stereocenters. The molecule has 0 bridgehead atoms. The summed E-state index contributed by atoms with van der Waals surface area (Å²) in [5, 5.41) is 2.79. The molecule has 0 saturated carbocycles. The Morgan fingerprint density at radius 2 is 1.53 bits per heavy atom. The number of benzene rings is 1. The Morgan fingerprint density at radius 3 is 2.03 bits per heavy atom. The van der Waals surface area contributed by atoms with E-state index in [2.05, 4.69) is 19.2 Å². The molecule has 0 aromatic heterocycles. The van der Waals surface area contributed by atoms with Gasteiger partial charge < -0.3 is 19.7 Å². The van der Waals surface area contributed by atoms with Crippen LogP contribution in [0, 0.1) is 0 Å². The van der Waals surface area contributed by atoms with Gasteiger partial charge in [0, 0.05) is 13.1 Å². The quantitative estimate of drug-likeness (QED) is 0.371. The smallest absolute Gasteiger partial charge is 0.408 e. The highest BCUT2D eigenvalue weighted by Gasteiger charge is 2.32. The fourth-order valence-corrected chi connectivity index (χ4v) is 3.35.